The van der Waals surface area contributed by atoms with E-state index in [-0.39, 0.29) is 29.7 Å². The lowest BCUT2D eigenvalue weighted by Crippen LogP contribution is -2.48. The number of methoxy groups -OCH3 is 3. The van der Waals surface area contributed by atoms with E-state index in [0.29, 0.717) is 30.5 Å². The summed E-state index contributed by atoms with van der Waals surface area (Å²) in [6.07, 6.45) is 4.39. The smallest absolute Gasteiger partial charge is 0.259 e. The summed E-state index contributed by atoms with van der Waals surface area (Å²) in [6, 6.07) is 11.5. The van der Waals surface area contributed by atoms with Crippen LogP contribution in [0.4, 0.5) is 0 Å². The van der Waals surface area contributed by atoms with Crippen LogP contribution in [0.1, 0.15) is 41.6 Å². The third-order valence-corrected chi connectivity index (χ3v) is 7.19. The van der Waals surface area contributed by atoms with Gasteiger partial charge in [0.25, 0.3) is 5.91 Å². The Morgan fingerprint density at radius 2 is 1.77 bits per heavy atom. The molecule has 8 heteroatoms. The number of likely N-dealkylation sites (tertiary alicyclic amines) is 1. The fraction of sp³-hybridized carbons (Fsp3) is 0.519. The van der Waals surface area contributed by atoms with E-state index < -0.39 is 0 Å². The lowest BCUT2D eigenvalue weighted by atomic mass is 9.84. The van der Waals surface area contributed by atoms with Crippen molar-refractivity contribution in [2.24, 2.45) is 11.8 Å². The molecule has 1 saturated heterocycles. The molecule has 4 rings (SSSR count). The molecule has 0 unspecified atom stereocenters. The van der Waals surface area contributed by atoms with Crippen molar-refractivity contribution in [3.05, 3.63) is 47.5 Å². The van der Waals surface area contributed by atoms with E-state index in [9.17, 15) is 9.59 Å². The molecule has 8 nitrogen and oxygen atoms in total. The van der Waals surface area contributed by atoms with Gasteiger partial charge in [-0.2, -0.15) is 4.98 Å². The Bertz CT molecular complexity index is 1050. The molecule has 0 N–H and O–H groups in total. The average molecular weight is 482 g/mol. The minimum Gasteiger partial charge on any atom is -0.497 e. The van der Waals surface area contributed by atoms with E-state index in [2.05, 4.69) is 11.1 Å². The number of hydrogen-bond donors (Lipinski definition) is 0. The van der Waals surface area contributed by atoms with Crippen molar-refractivity contribution >= 4 is 11.8 Å². The molecule has 0 radical (unpaired) electrons. The molecular formula is C27H35N3O5. The summed E-state index contributed by atoms with van der Waals surface area (Å²) in [7, 11) is 6.64. The van der Waals surface area contributed by atoms with Crippen LogP contribution >= 0.6 is 0 Å². The predicted molar refractivity (Wildman–Crippen MR) is 132 cm³/mol. The molecule has 2 aromatic rings. The van der Waals surface area contributed by atoms with E-state index in [1.54, 1.807) is 19.2 Å². The van der Waals surface area contributed by atoms with Crippen LogP contribution in [0.3, 0.4) is 0 Å². The standard InChI is InChI=1S/C27H35N3O5/c1-29(26(31)20-8-9-20)23(17-18-6-5-7-21(16-18)33-2)19-12-14-30(15-13-19)27(32)22-10-11-24(34-3)28-25(22)35-4/h5-7,10-11,16,19-20,23H,8-9,12-15,17H2,1-4H3/t23-/m0/s1. The zero-order valence-corrected chi connectivity index (χ0v) is 21.0. The summed E-state index contributed by atoms with van der Waals surface area (Å²) in [4.78, 5) is 34.3. The van der Waals surface area contributed by atoms with E-state index >= 15 is 0 Å². The zero-order valence-electron chi connectivity index (χ0n) is 21.0. The minimum absolute atomic E-state index is 0.0737. The van der Waals surface area contributed by atoms with Crippen LogP contribution in [0, 0.1) is 11.8 Å². The highest BCUT2D eigenvalue weighted by molar-refractivity contribution is 5.96. The number of aromatic nitrogens is 1. The number of carbonyl (C=O) groups is 2. The monoisotopic (exact) mass is 481 g/mol. The second-order valence-electron chi connectivity index (χ2n) is 9.39. The molecule has 1 aliphatic heterocycles. The van der Waals surface area contributed by atoms with Gasteiger partial charge in [-0.25, -0.2) is 0 Å². The average Bonchev–Trinajstić information content (AvgIpc) is 3.76. The lowest BCUT2D eigenvalue weighted by molar-refractivity contribution is -0.134. The van der Waals surface area contributed by atoms with Gasteiger partial charge in [-0.05, 0) is 61.8 Å². The quantitative estimate of drug-likeness (QED) is 0.546. The molecular weight excluding hydrogens is 446 g/mol. The van der Waals surface area contributed by atoms with Crippen LogP contribution < -0.4 is 14.2 Å². The summed E-state index contributed by atoms with van der Waals surface area (Å²) in [5.74, 6) is 2.11. The van der Waals surface area contributed by atoms with Crippen LogP contribution in [0.25, 0.3) is 0 Å². The summed E-state index contributed by atoms with van der Waals surface area (Å²) in [6.45, 7) is 1.25. The predicted octanol–water partition coefficient (Wildman–Crippen LogP) is 3.44. The van der Waals surface area contributed by atoms with Crippen molar-refractivity contribution in [3.8, 4) is 17.5 Å². The number of ether oxygens (including phenoxy) is 3. The molecule has 1 atom stereocenters. The van der Waals surface area contributed by atoms with Gasteiger partial charge < -0.3 is 24.0 Å². The Hall–Kier alpha value is -3.29. The number of hydrogen-bond acceptors (Lipinski definition) is 6. The first-order chi connectivity index (χ1) is 16.9. The number of pyridine rings is 1. The van der Waals surface area contributed by atoms with Crippen molar-refractivity contribution in [1.82, 2.24) is 14.8 Å². The normalized spacial score (nSPS) is 17.0. The van der Waals surface area contributed by atoms with Gasteiger partial charge in [0.05, 0.1) is 21.3 Å². The number of likely N-dealkylation sites (N-methyl/N-ethyl adjacent to an activating group) is 1. The number of piperidine rings is 1. The van der Waals surface area contributed by atoms with Gasteiger partial charge >= 0.3 is 0 Å². The van der Waals surface area contributed by atoms with Gasteiger partial charge in [0.2, 0.25) is 17.7 Å². The molecule has 2 amide bonds. The maximum absolute atomic E-state index is 13.2. The number of carbonyl (C=O) groups excluding carboxylic acids is 2. The second-order valence-corrected chi connectivity index (χ2v) is 9.39. The Morgan fingerprint density at radius 1 is 1.03 bits per heavy atom. The fourth-order valence-corrected chi connectivity index (χ4v) is 4.96. The maximum atomic E-state index is 13.2. The highest BCUT2D eigenvalue weighted by Crippen LogP contribution is 2.35. The van der Waals surface area contributed by atoms with Gasteiger partial charge in [0.15, 0.2) is 0 Å². The van der Waals surface area contributed by atoms with Crippen LogP contribution in [0.5, 0.6) is 17.5 Å². The van der Waals surface area contributed by atoms with E-state index in [1.807, 2.05) is 35.0 Å². The number of nitrogens with zero attached hydrogens (tertiary/aromatic N) is 3. The third-order valence-electron chi connectivity index (χ3n) is 7.19. The highest BCUT2D eigenvalue weighted by Gasteiger charge is 2.38. The molecule has 0 bridgehead atoms. The summed E-state index contributed by atoms with van der Waals surface area (Å²) < 4.78 is 15.9. The molecule has 2 fully saturated rings. The molecule has 35 heavy (non-hydrogen) atoms. The van der Waals surface area contributed by atoms with Gasteiger partial charge in [-0.1, -0.05) is 12.1 Å². The molecule has 188 valence electrons. The molecule has 2 aliphatic rings. The van der Waals surface area contributed by atoms with E-state index in [4.69, 9.17) is 14.2 Å². The summed E-state index contributed by atoms with van der Waals surface area (Å²) in [5.41, 5.74) is 1.58. The first kappa shape index (κ1) is 24.8. The molecule has 1 aliphatic carbocycles. The molecule has 2 heterocycles. The van der Waals surface area contributed by atoms with Crippen LogP contribution in [-0.2, 0) is 11.2 Å². The number of amides is 2. The number of rotatable bonds is 9. The minimum atomic E-state index is -0.0952. The summed E-state index contributed by atoms with van der Waals surface area (Å²) in [5, 5.41) is 0. The fourth-order valence-electron chi connectivity index (χ4n) is 4.96. The molecule has 1 aromatic heterocycles. The van der Waals surface area contributed by atoms with Gasteiger partial charge in [0.1, 0.15) is 11.3 Å². The Morgan fingerprint density at radius 3 is 2.40 bits per heavy atom. The van der Waals surface area contributed by atoms with E-state index in [0.717, 1.165) is 43.4 Å². The zero-order chi connectivity index (χ0) is 24.9. The van der Waals surface area contributed by atoms with Crippen LogP contribution in [0.2, 0.25) is 0 Å². The van der Waals surface area contributed by atoms with Crippen molar-refractivity contribution < 1.29 is 23.8 Å². The SMILES string of the molecule is COc1cccc(C[C@@H](C2CCN(C(=O)c3ccc(OC)nc3OC)CC2)N(C)C(=O)C2CC2)c1. The third kappa shape index (κ3) is 5.69. The van der Waals surface area contributed by atoms with Crippen molar-refractivity contribution in [1.29, 1.82) is 0 Å². The van der Waals surface area contributed by atoms with Crippen LogP contribution in [-0.4, -0.2) is 74.1 Å². The van der Waals surface area contributed by atoms with Crippen molar-refractivity contribution in [2.75, 3.05) is 41.5 Å². The maximum Gasteiger partial charge on any atom is 0.259 e. The second kappa shape index (κ2) is 11.0. The Labute approximate surface area is 207 Å². The number of benzene rings is 1. The van der Waals surface area contributed by atoms with Gasteiger partial charge in [0, 0.05) is 38.2 Å². The van der Waals surface area contributed by atoms with E-state index in [1.165, 1.54) is 14.2 Å². The topological polar surface area (TPSA) is 81.2 Å². The summed E-state index contributed by atoms with van der Waals surface area (Å²) >= 11 is 0. The van der Waals surface area contributed by atoms with Gasteiger partial charge in [-0.3, -0.25) is 9.59 Å². The largest absolute Gasteiger partial charge is 0.497 e. The molecule has 1 aromatic carbocycles. The first-order valence-corrected chi connectivity index (χ1v) is 12.2. The first-order valence-electron chi connectivity index (χ1n) is 12.2. The lowest BCUT2D eigenvalue weighted by Gasteiger charge is -2.40. The Kier molecular flexibility index (Phi) is 7.78. The van der Waals surface area contributed by atoms with Crippen LogP contribution in [0.15, 0.2) is 36.4 Å². The highest BCUT2D eigenvalue weighted by atomic mass is 16.5. The van der Waals surface area contributed by atoms with Crippen molar-refractivity contribution in [2.45, 2.75) is 38.1 Å². The van der Waals surface area contributed by atoms with Gasteiger partial charge in [-0.15, -0.1) is 0 Å². The molecule has 0 spiro atoms. The Balaban J connectivity index is 1.47. The van der Waals surface area contributed by atoms with Crippen molar-refractivity contribution in [3.63, 3.8) is 0 Å². The molecule has 1 saturated carbocycles.